The highest BCUT2D eigenvalue weighted by atomic mass is 16.5. The average molecular weight is 399 g/mol. The molecule has 2 aromatic carbocycles. The van der Waals surface area contributed by atoms with Gasteiger partial charge in [0.05, 0.1) is 12.8 Å². The van der Waals surface area contributed by atoms with Gasteiger partial charge in [0.2, 0.25) is 0 Å². The van der Waals surface area contributed by atoms with Crippen LogP contribution in [0.2, 0.25) is 0 Å². The number of ether oxygens (including phenoxy) is 1. The molecule has 4 rings (SSSR count). The highest BCUT2D eigenvalue weighted by molar-refractivity contribution is 5.40. The van der Waals surface area contributed by atoms with E-state index in [2.05, 4.69) is 29.2 Å². The van der Waals surface area contributed by atoms with Gasteiger partial charge in [-0.1, -0.05) is 48.5 Å². The summed E-state index contributed by atoms with van der Waals surface area (Å²) in [5.74, 6) is 0.841. The molecule has 0 aliphatic heterocycles. The maximum absolute atomic E-state index is 12.6. The summed E-state index contributed by atoms with van der Waals surface area (Å²) >= 11 is 0. The van der Waals surface area contributed by atoms with Crippen molar-refractivity contribution < 1.29 is 4.74 Å². The van der Waals surface area contributed by atoms with E-state index in [1.54, 1.807) is 17.6 Å². The van der Waals surface area contributed by atoms with Crippen LogP contribution in [-0.4, -0.2) is 21.4 Å². The third kappa shape index (κ3) is 4.75. The van der Waals surface area contributed by atoms with Gasteiger partial charge in [0.15, 0.2) is 0 Å². The van der Waals surface area contributed by atoms with Gasteiger partial charge in [-0.2, -0.15) is 0 Å². The zero-order chi connectivity index (χ0) is 20.9. The lowest BCUT2D eigenvalue weighted by Gasteiger charge is -2.22. The summed E-state index contributed by atoms with van der Waals surface area (Å²) in [6.45, 7) is 4.06. The molecule has 0 fully saturated rings. The van der Waals surface area contributed by atoms with Crippen molar-refractivity contribution in [2.24, 2.45) is 0 Å². The third-order valence-electron chi connectivity index (χ3n) is 5.06. The minimum Gasteiger partial charge on any atom is -0.497 e. The molecular formula is C25H25N3O2. The van der Waals surface area contributed by atoms with Crippen molar-refractivity contribution >= 4 is 5.65 Å². The SMILES string of the molecule is COc1ccc(CN(Cc2ccccc2)Cc2cc(=O)n3cc(C)ccc3n2)cc1. The highest BCUT2D eigenvalue weighted by Gasteiger charge is 2.11. The van der Waals surface area contributed by atoms with Gasteiger partial charge < -0.3 is 4.74 Å². The van der Waals surface area contributed by atoms with Crippen molar-refractivity contribution in [2.75, 3.05) is 7.11 Å². The van der Waals surface area contributed by atoms with Crippen LogP contribution >= 0.6 is 0 Å². The largest absolute Gasteiger partial charge is 0.497 e. The first-order valence-electron chi connectivity index (χ1n) is 9.99. The minimum absolute atomic E-state index is 0.0530. The smallest absolute Gasteiger partial charge is 0.258 e. The lowest BCUT2D eigenvalue weighted by atomic mass is 10.1. The molecule has 2 heterocycles. The van der Waals surface area contributed by atoms with E-state index in [0.29, 0.717) is 12.2 Å². The molecule has 0 bridgehead atoms. The van der Waals surface area contributed by atoms with E-state index in [1.807, 2.05) is 55.6 Å². The molecule has 0 unspecified atom stereocenters. The second-order valence-corrected chi connectivity index (χ2v) is 7.50. The molecule has 5 nitrogen and oxygen atoms in total. The molecule has 0 amide bonds. The maximum atomic E-state index is 12.6. The Morgan fingerprint density at radius 2 is 1.60 bits per heavy atom. The summed E-state index contributed by atoms with van der Waals surface area (Å²) in [5.41, 5.74) is 4.83. The van der Waals surface area contributed by atoms with Gasteiger partial charge in [-0.05, 0) is 41.8 Å². The van der Waals surface area contributed by atoms with Crippen LogP contribution < -0.4 is 10.3 Å². The number of aromatic nitrogens is 2. The molecular weight excluding hydrogens is 374 g/mol. The minimum atomic E-state index is -0.0530. The molecule has 0 aliphatic carbocycles. The van der Waals surface area contributed by atoms with E-state index in [4.69, 9.17) is 9.72 Å². The van der Waals surface area contributed by atoms with Crippen LogP contribution in [0.25, 0.3) is 5.65 Å². The van der Waals surface area contributed by atoms with Gasteiger partial charge >= 0.3 is 0 Å². The van der Waals surface area contributed by atoms with Crippen LogP contribution in [-0.2, 0) is 19.6 Å². The van der Waals surface area contributed by atoms with E-state index in [0.717, 1.165) is 30.1 Å². The maximum Gasteiger partial charge on any atom is 0.258 e. The molecule has 0 aliphatic rings. The standard InChI is InChI=1S/C25H25N3O2/c1-19-8-13-24-26-22(14-25(29)28(24)15-19)18-27(16-20-6-4-3-5-7-20)17-21-9-11-23(30-2)12-10-21/h3-15H,16-18H2,1-2H3. The summed E-state index contributed by atoms with van der Waals surface area (Å²) < 4.78 is 6.87. The summed E-state index contributed by atoms with van der Waals surface area (Å²) in [7, 11) is 1.67. The fourth-order valence-electron chi connectivity index (χ4n) is 3.57. The van der Waals surface area contributed by atoms with Crippen LogP contribution in [0.5, 0.6) is 5.75 Å². The number of hydrogen-bond acceptors (Lipinski definition) is 4. The van der Waals surface area contributed by atoms with E-state index in [1.165, 1.54) is 11.1 Å². The predicted molar refractivity (Wildman–Crippen MR) is 119 cm³/mol. The number of aryl methyl sites for hydroxylation is 1. The van der Waals surface area contributed by atoms with Gasteiger partial charge in [-0.25, -0.2) is 4.98 Å². The number of rotatable bonds is 7. The Hall–Kier alpha value is -3.44. The first-order chi connectivity index (χ1) is 14.6. The van der Waals surface area contributed by atoms with Gasteiger partial charge in [0.25, 0.3) is 5.56 Å². The van der Waals surface area contributed by atoms with Crippen LogP contribution in [0.4, 0.5) is 0 Å². The van der Waals surface area contributed by atoms with Gasteiger partial charge in [0, 0.05) is 31.9 Å². The van der Waals surface area contributed by atoms with Gasteiger partial charge in [0.1, 0.15) is 11.4 Å². The summed E-state index contributed by atoms with van der Waals surface area (Å²) in [4.78, 5) is 19.6. The van der Waals surface area contributed by atoms with Crippen molar-refractivity contribution in [3.63, 3.8) is 0 Å². The zero-order valence-corrected chi connectivity index (χ0v) is 17.3. The second kappa shape index (κ2) is 8.93. The van der Waals surface area contributed by atoms with E-state index in [9.17, 15) is 4.79 Å². The fraction of sp³-hybridized carbons (Fsp3) is 0.200. The molecule has 30 heavy (non-hydrogen) atoms. The Bertz CT molecular complexity index is 1180. The number of methoxy groups -OCH3 is 1. The van der Waals surface area contributed by atoms with Crippen molar-refractivity contribution in [1.29, 1.82) is 0 Å². The number of benzene rings is 2. The molecule has 4 aromatic rings. The second-order valence-electron chi connectivity index (χ2n) is 7.50. The third-order valence-corrected chi connectivity index (χ3v) is 5.06. The number of pyridine rings is 1. The Balaban J connectivity index is 1.62. The predicted octanol–water partition coefficient (Wildman–Crippen LogP) is 4.21. The van der Waals surface area contributed by atoms with Crippen LogP contribution in [0, 0.1) is 6.92 Å². The van der Waals surface area contributed by atoms with Crippen molar-refractivity contribution in [2.45, 2.75) is 26.6 Å². The van der Waals surface area contributed by atoms with Crippen molar-refractivity contribution in [1.82, 2.24) is 14.3 Å². The van der Waals surface area contributed by atoms with E-state index >= 15 is 0 Å². The molecule has 0 atom stereocenters. The molecule has 2 aromatic heterocycles. The first-order valence-corrected chi connectivity index (χ1v) is 9.99. The van der Waals surface area contributed by atoms with Gasteiger partial charge in [-0.3, -0.25) is 14.1 Å². The number of hydrogen-bond donors (Lipinski definition) is 0. The zero-order valence-electron chi connectivity index (χ0n) is 17.3. The topological polar surface area (TPSA) is 46.8 Å². The quantitative estimate of drug-likeness (QED) is 0.467. The normalized spacial score (nSPS) is 11.2. The molecule has 0 N–H and O–H groups in total. The molecule has 0 saturated heterocycles. The Morgan fingerprint density at radius 1 is 0.900 bits per heavy atom. The van der Waals surface area contributed by atoms with Crippen LogP contribution in [0.3, 0.4) is 0 Å². The Labute approximate surface area is 176 Å². The summed E-state index contributed by atoms with van der Waals surface area (Å²) in [6.07, 6.45) is 1.83. The van der Waals surface area contributed by atoms with Crippen LogP contribution in [0.15, 0.2) is 83.8 Å². The highest BCUT2D eigenvalue weighted by Crippen LogP contribution is 2.16. The first kappa shape index (κ1) is 19.9. The van der Waals surface area contributed by atoms with Crippen molar-refractivity contribution in [3.05, 3.63) is 112 Å². The molecule has 0 saturated carbocycles. The van der Waals surface area contributed by atoms with Crippen LogP contribution in [0.1, 0.15) is 22.4 Å². The average Bonchev–Trinajstić information content (AvgIpc) is 2.75. The summed E-state index contributed by atoms with van der Waals surface area (Å²) in [5, 5.41) is 0. The monoisotopic (exact) mass is 399 g/mol. The Morgan fingerprint density at radius 3 is 2.30 bits per heavy atom. The number of nitrogens with zero attached hydrogens (tertiary/aromatic N) is 3. The Kier molecular flexibility index (Phi) is 5.91. The molecule has 0 radical (unpaired) electrons. The lowest BCUT2D eigenvalue weighted by molar-refractivity contribution is 0.244. The lowest BCUT2D eigenvalue weighted by Crippen LogP contribution is -2.25. The molecule has 152 valence electrons. The molecule has 0 spiro atoms. The fourth-order valence-corrected chi connectivity index (χ4v) is 3.57. The van der Waals surface area contributed by atoms with Gasteiger partial charge in [-0.15, -0.1) is 0 Å². The number of fused-ring (bicyclic) bond motifs is 1. The van der Waals surface area contributed by atoms with E-state index < -0.39 is 0 Å². The molecule has 5 heteroatoms. The van der Waals surface area contributed by atoms with E-state index in [-0.39, 0.29) is 5.56 Å². The summed E-state index contributed by atoms with van der Waals surface area (Å²) in [6, 6.07) is 23.9. The van der Waals surface area contributed by atoms with Crippen molar-refractivity contribution in [3.8, 4) is 5.75 Å².